The standard InChI is InChI=1S/C20H21F3O2/c1-3-25-19(24)11-7-10-16-14(2)18(20(21,22)23)13-12-17(16)15-8-5-4-6-9-15/h4-6,8-9,12-13H,3,7,10-11H2,1-2H3. The van der Waals surface area contributed by atoms with Crippen molar-refractivity contribution in [3.63, 3.8) is 0 Å². The van der Waals surface area contributed by atoms with Gasteiger partial charge in [0.15, 0.2) is 0 Å². The molecule has 0 spiro atoms. The molecule has 0 amide bonds. The fourth-order valence-corrected chi connectivity index (χ4v) is 2.92. The van der Waals surface area contributed by atoms with Gasteiger partial charge in [-0.15, -0.1) is 0 Å². The molecule has 0 atom stereocenters. The van der Waals surface area contributed by atoms with E-state index in [1.54, 1.807) is 6.92 Å². The van der Waals surface area contributed by atoms with Crippen molar-refractivity contribution >= 4 is 5.97 Å². The zero-order valence-electron chi connectivity index (χ0n) is 14.3. The van der Waals surface area contributed by atoms with Gasteiger partial charge in [-0.1, -0.05) is 36.4 Å². The van der Waals surface area contributed by atoms with Crippen LogP contribution in [-0.4, -0.2) is 12.6 Å². The molecular formula is C20H21F3O2. The molecule has 0 bridgehead atoms. The summed E-state index contributed by atoms with van der Waals surface area (Å²) in [5.41, 5.74) is 1.86. The molecule has 2 aromatic carbocycles. The highest BCUT2D eigenvalue weighted by atomic mass is 19.4. The maximum atomic E-state index is 13.2. The van der Waals surface area contributed by atoms with E-state index in [1.165, 1.54) is 13.0 Å². The summed E-state index contributed by atoms with van der Waals surface area (Å²) >= 11 is 0. The van der Waals surface area contributed by atoms with Crippen LogP contribution in [0.3, 0.4) is 0 Å². The van der Waals surface area contributed by atoms with E-state index in [1.807, 2.05) is 30.3 Å². The lowest BCUT2D eigenvalue weighted by atomic mass is 9.89. The molecule has 0 heterocycles. The van der Waals surface area contributed by atoms with Crippen molar-refractivity contribution in [1.82, 2.24) is 0 Å². The summed E-state index contributed by atoms with van der Waals surface area (Å²) in [6.07, 6.45) is -3.37. The molecule has 0 aliphatic carbocycles. The number of benzene rings is 2. The summed E-state index contributed by atoms with van der Waals surface area (Å²) in [5.74, 6) is -0.326. The zero-order chi connectivity index (χ0) is 18.4. The van der Waals surface area contributed by atoms with Crippen molar-refractivity contribution in [2.45, 2.75) is 39.3 Å². The van der Waals surface area contributed by atoms with Gasteiger partial charge >= 0.3 is 12.1 Å². The van der Waals surface area contributed by atoms with Gasteiger partial charge in [-0.25, -0.2) is 0 Å². The Morgan fingerprint density at radius 1 is 1.08 bits per heavy atom. The molecule has 5 heteroatoms. The molecule has 2 rings (SSSR count). The predicted molar refractivity (Wildman–Crippen MR) is 91.2 cm³/mol. The molecule has 0 saturated heterocycles. The van der Waals surface area contributed by atoms with Gasteiger partial charge < -0.3 is 4.74 Å². The number of carbonyl (C=O) groups is 1. The highest BCUT2D eigenvalue weighted by molar-refractivity contribution is 5.71. The smallest absolute Gasteiger partial charge is 0.416 e. The third-order valence-corrected chi connectivity index (χ3v) is 4.10. The van der Waals surface area contributed by atoms with E-state index in [9.17, 15) is 18.0 Å². The lowest BCUT2D eigenvalue weighted by Crippen LogP contribution is -2.11. The van der Waals surface area contributed by atoms with Gasteiger partial charge in [0.25, 0.3) is 0 Å². The average Bonchev–Trinajstić information content (AvgIpc) is 2.56. The Labute approximate surface area is 145 Å². The number of halogens is 3. The highest BCUT2D eigenvalue weighted by Crippen LogP contribution is 2.37. The predicted octanol–water partition coefficient (Wildman–Crippen LogP) is 5.57. The fraction of sp³-hybridized carbons (Fsp3) is 0.350. The van der Waals surface area contributed by atoms with Crippen LogP contribution in [0, 0.1) is 6.92 Å². The largest absolute Gasteiger partial charge is 0.466 e. The highest BCUT2D eigenvalue weighted by Gasteiger charge is 2.33. The molecule has 0 aliphatic rings. The number of hydrogen-bond donors (Lipinski definition) is 0. The molecule has 0 N–H and O–H groups in total. The Balaban J connectivity index is 2.36. The van der Waals surface area contributed by atoms with Crippen LogP contribution >= 0.6 is 0 Å². The van der Waals surface area contributed by atoms with E-state index in [-0.39, 0.29) is 18.0 Å². The van der Waals surface area contributed by atoms with E-state index < -0.39 is 11.7 Å². The van der Waals surface area contributed by atoms with Gasteiger partial charge in [0.1, 0.15) is 0 Å². The number of rotatable bonds is 6. The minimum Gasteiger partial charge on any atom is -0.466 e. The van der Waals surface area contributed by atoms with Crippen molar-refractivity contribution < 1.29 is 22.7 Å². The topological polar surface area (TPSA) is 26.3 Å². The Morgan fingerprint density at radius 3 is 2.36 bits per heavy atom. The molecule has 0 aliphatic heterocycles. The normalized spacial score (nSPS) is 11.4. The minimum atomic E-state index is -4.39. The van der Waals surface area contributed by atoms with Crippen LogP contribution in [0.5, 0.6) is 0 Å². The van der Waals surface area contributed by atoms with Crippen molar-refractivity contribution in [2.24, 2.45) is 0 Å². The molecule has 0 saturated carbocycles. The van der Waals surface area contributed by atoms with Gasteiger partial charge in [0.05, 0.1) is 12.2 Å². The first-order valence-corrected chi connectivity index (χ1v) is 8.25. The van der Waals surface area contributed by atoms with Gasteiger partial charge in [-0.2, -0.15) is 13.2 Å². The van der Waals surface area contributed by atoms with Gasteiger partial charge in [0.2, 0.25) is 0 Å². The Bertz CT molecular complexity index is 722. The number of alkyl halides is 3. The van der Waals surface area contributed by atoms with Crippen LogP contribution in [0.1, 0.15) is 36.5 Å². The summed E-state index contributed by atoms with van der Waals surface area (Å²) in [5, 5.41) is 0. The third kappa shape index (κ3) is 4.84. The maximum Gasteiger partial charge on any atom is 0.416 e. The SMILES string of the molecule is CCOC(=O)CCCc1c(-c2ccccc2)ccc(C(F)(F)F)c1C. The first-order valence-electron chi connectivity index (χ1n) is 8.25. The van der Waals surface area contributed by atoms with Crippen LogP contribution < -0.4 is 0 Å². The summed E-state index contributed by atoms with van der Waals surface area (Å²) in [4.78, 5) is 11.5. The molecule has 0 aromatic heterocycles. The van der Waals surface area contributed by atoms with Crippen LogP contribution in [0.25, 0.3) is 11.1 Å². The maximum absolute atomic E-state index is 13.2. The molecule has 134 valence electrons. The zero-order valence-corrected chi connectivity index (χ0v) is 14.3. The third-order valence-electron chi connectivity index (χ3n) is 4.10. The van der Waals surface area contributed by atoms with E-state index in [0.717, 1.165) is 17.2 Å². The summed E-state index contributed by atoms with van der Waals surface area (Å²) in [7, 11) is 0. The van der Waals surface area contributed by atoms with Crippen LogP contribution in [-0.2, 0) is 22.1 Å². The average molecular weight is 350 g/mol. The molecule has 2 nitrogen and oxygen atoms in total. The number of hydrogen-bond acceptors (Lipinski definition) is 2. The molecule has 0 unspecified atom stereocenters. The van der Waals surface area contributed by atoms with Crippen molar-refractivity contribution in [3.8, 4) is 11.1 Å². The molecule has 25 heavy (non-hydrogen) atoms. The quantitative estimate of drug-likeness (QED) is 0.637. The van der Waals surface area contributed by atoms with E-state index >= 15 is 0 Å². The molecule has 0 radical (unpaired) electrons. The Morgan fingerprint density at radius 2 is 1.76 bits per heavy atom. The molecule has 0 fully saturated rings. The van der Waals surface area contributed by atoms with Crippen LogP contribution in [0.15, 0.2) is 42.5 Å². The van der Waals surface area contributed by atoms with Crippen molar-refractivity contribution in [3.05, 3.63) is 59.2 Å². The second-order valence-electron chi connectivity index (χ2n) is 5.79. The molecule has 2 aromatic rings. The number of esters is 1. The lowest BCUT2D eigenvalue weighted by molar-refractivity contribution is -0.143. The summed E-state index contributed by atoms with van der Waals surface area (Å²) in [6, 6.07) is 12.0. The Hall–Kier alpha value is -2.30. The number of carbonyl (C=O) groups excluding carboxylic acids is 1. The van der Waals surface area contributed by atoms with Crippen LogP contribution in [0.4, 0.5) is 13.2 Å². The summed E-state index contributed by atoms with van der Waals surface area (Å²) < 4.78 is 44.6. The van der Waals surface area contributed by atoms with E-state index in [0.29, 0.717) is 25.0 Å². The second kappa shape index (κ2) is 8.19. The fourth-order valence-electron chi connectivity index (χ4n) is 2.92. The second-order valence-corrected chi connectivity index (χ2v) is 5.79. The monoisotopic (exact) mass is 350 g/mol. The molecular weight excluding hydrogens is 329 g/mol. The van der Waals surface area contributed by atoms with Crippen LogP contribution in [0.2, 0.25) is 0 Å². The Kier molecular flexibility index (Phi) is 6.23. The summed E-state index contributed by atoms with van der Waals surface area (Å²) in [6.45, 7) is 3.52. The van der Waals surface area contributed by atoms with E-state index in [2.05, 4.69) is 0 Å². The van der Waals surface area contributed by atoms with Gasteiger partial charge in [-0.05, 0) is 55.0 Å². The number of ether oxygens (including phenoxy) is 1. The first-order chi connectivity index (χ1) is 11.8. The van der Waals surface area contributed by atoms with Crippen molar-refractivity contribution in [2.75, 3.05) is 6.61 Å². The lowest BCUT2D eigenvalue weighted by Gasteiger charge is -2.18. The first kappa shape index (κ1) is 19.0. The van der Waals surface area contributed by atoms with Crippen molar-refractivity contribution in [1.29, 1.82) is 0 Å². The van der Waals surface area contributed by atoms with Gasteiger partial charge in [0, 0.05) is 6.42 Å². The van der Waals surface area contributed by atoms with E-state index in [4.69, 9.17) is 4.74 Å². The van der Waals surface area contributed by atoms with Gasteiger partial charge in [-0.3, -0.25) is 4.79 Å². The minimum absolute atomic E-state index is 0.192.